The Morgan fingerprint density at radius 2 is 1.85 bits per heavy atom. The Hall–Kier alpha value is -3.07. The molecule has 8 nitrogen and oxygen atoms in total. The topological polar surface area (TPSA) is 92.5 Å². The summed E-state index contributed by atoms with van der Waals surface area (Å²) in [6, 6.07) is 9.53. The summed E-state index contributed by atoms with van der Waals surface area (Å²) in [4.78, 5) is 30.3. The molecule has 0 fully saturated rings. The number of methoxy groups -OCH3 is 2. The van der Waals surface area contributed by atoms with E-state index >= 15 is 0 Å². The molecule has 0 bridgehead atoms. The Morgan fingerprint density at radius 1 is 1.12 bits per heavy atom. The molecule has 33 heavy (non-hydrogen) atoms. The summed E-state index contributed by atoms with van der Waals surface area (Å²) < 4.78 is 16.6. The number of rotatable bonds is 7. The second kappa shape index (κ2) is 8.70. The summed E-state index contributed by atoms with van der Waals surface area (Å²) in [6.07, 6.45) is 0.566. The lowest BCUT2D eigenvalue weighted by Crippen LogP contribution is -2.47. The quantitative estimate of drug-likeness (QED) is 0.565. The minimum Gasteiger partial charge on any atom is -0.493 e. The van der Waals surface area contributed by atoms with Gasteiger partial charge in [0.05, 0.1) is 24.6 Å². The van der Waals surface area contributed by atoms with Gasteiger partial charge >= 0.3 is 0 Å². The van der Waals surface area contributed by atoms with E-state index in [2.05, 4.69) is 0 Å². The molecule has 1 aromatic heterocycles. The number of carbonyl (C=O) groups is 1. The molecule has 1 aliphatic rings. The SMILES string of the molecule is COc1ccc(C2(O)c3c(oc4c(Cl)cccc4c3=O)C(=O)N2CCCN(C)C)cc1OC. The van der Waals surface area contributed by atoms with Crippen LogP contribution in [-0.2, 0) is 5.72 Å². The Bertz CT molecular complexity index is 1290. The number of para-hydroxylation sites is 1. The lowest BCUT2D eigenvalue weighted by molar-refractivity contribution is -0.0514. The zero-order valence-corrected chi connectivity index (χ0v) is 19.6. The number of hydrogen-bond donors (Lipinski definition) is 1. The predicted molar refractivity (Wildman–Crippen MR) is 124 cm³/mol. The summed E-state index contributed by atoms with van der Waals surface area (Å²) in [5.74, 6) is -0.000585. The molecule has 1 atom stereocenters. The van der Waals surface area contributed by atoms with E-state index in [1.807, 2.05) is 19.0 Å². The molecular formula is C24H25ClN2O6. The van der Waals surface area contributed by atoms with Crippen LogP contribution < -0.4 is 14.9 Å². The van der Waals surface area contributed by atoms with E-state index in [1.54, 1.807) is 36.4 Å². The van der Waals surface area contributed by atoms with Crippen LogP contribution in [0.25, 0.3) is 11.0 Å². The number of ether oxygens (including phenoxy) is 2. The van der Waals surface area contributed by atoms with Gasteiger partial charge in [0, 0.05) is 12.1 Å². The molecule has 1 unspecified atom stereocenters. The summed E-state index contributed by atoms with van der Waals surface area (Å²) in [7, 11) is 6.80. The lowest BCUT2D eigenvalue weighted by Gasteiger charge is -2.34. The van der Waals surface area contributed by atoms with E-state index in [0.717, 1.165) is 0 Å². The second-order valence-corrected chi connectivity index (χ2v) is 8.51. The van der Waals surface area contributed by atoms with Crippen molar-refractivity contribution in [1.29, 1.82) is 0 Å². The van der Waals surface area contributed by atoms with Crippen LogP contribution in [0.5, 0.6) is 11.5 Å². The normalized spacial score (nSPS) is 17.7. The summed E-state index contributed by atoms with van der Waals surface area (Å²) in [5.41, 5.74) is -2.32. The van der Waals surface area contributed by atoms with Gasteiger partial charge in [-0.25, -0.2) is 0 Å². The van der Waals surface area contributed by atoms with Crippen LogP contribution >= 0.6 is 11.6 Å². The van der Waals surface area contributed by atoms with Crippen LogP contribution in [0.4, 0.5) is 0 Å². The number of fused-ring (bicyclic) bond motifs is 2. The van der Waals surface area contributed by atoms with E-state index < -0.39 is 17.1 Å². The molecule has 1 N–H and O–H groups in total. The first-order valence-corrected chi connectivity index (χ1v) is 10.8. The van der Waals surface area contributed by atoms with Crippen LogP contribution in [0.1, 0.15) is 28.1 Å². The highest BCUT2D eigenvalue weighted by Gasteiger charge is 2.54. The summed E-state index contributed by atoms with van der Waals surface area (Å²) in [5, 5.41) is 12.5. The van der Waals surface area contributed by atoms with E-state index in [-0.39, 0.29) is 39.4 Å². The van der Waals surface area contributed by atoms with E-state index in [9.17, 15) is 14.7 Å². The van der Waals surface area contributed by atoms with Crippen LogP contribution in [0.2, 0.25) is 5.02 Å². The van der Waals surface area contributed by atoms with Crippen molar-refractivity contribution >= 4 is 28.5 Å². The van der Waals surface area contributed by atoms with Crippen LogP contribution in [0, 0.1) is 0 Å². The van der Waals surface area contributed by atoms with Gasteiger partial charge in [-0.2, -0.15) is 0 Å². The molecule has 0 saturated carbocycles. The second-order valence-electron chi connectivity index (χ2n) is 8.11. The highest BCUT2D eigenvalue weighted by Crippen LogP contribution is 2.44. The summed E-state index contributed by atoms with van der Waals surface area (Å²) in [6.45, 7) is 0.868. The van der Waals surface area contributed by atoms with Crippen LogP contribution in [0.15, 0.2) is 45.6 Å². The first kappa shape index (κ1) is 23.1. The predicted octanol–water partition coefficient (Wildman–Crippen LogP) is 3.06. The Labute approximate surface area is 195 Å². The van der Waals surface area contributed by atoms with Gasteiger partial charge in [-0.1, -0.05) is 17.7 Å². The van der Waals surface area contributed by atoms with Gasteiger partial charge in [0.1, 0.15) is 5.56 Å². The van der Waals surface area contributed by atoms with E-state index in [4.69, 9.17) is 25.5 Å². The number of aliphatic hydroxyl groups is 1. The minimum absolute atomic E-state index is 0.112. The molecule has 174 valence electrons. The zero-order valence-electron chi connectivity index (χ0n) is 18.8. The Kier molecular flexibility index (Phi) is 6.09. The largest absolute Gasteiger partial charge is 0.493 e. The highest BCUT2D eigenvalue weighted by molar-refractivity contribution is 6.34. The Morgan fingerprint density at radius 3 is 2.52 bits per heavy atom. The highest BCUT2D eigenvalue weighted by atomic mass is 35.5. The van der Waals surface area contributed by atoms with Gasteiger partial charge in [0.15, 0.2) is 17.1 Å². The third-order valence-electron chi connectivity index (χ3n) is 5.82. The number of amides is 1. The molecule has 0 aliphatic carbocycles. The maximum Gasteiger partial charge on any atom is 0.293 e. The molecule has 2 heterocycles. The van der Waals surface area contributed by atoms with Gasteiger partial charge in [-0.15, -0.1) is 0 Å². The van der Waals surface area contributed by atoms with Crippen molar-refractivity contribution in [1.82, 2.24) is 9.80 Å². The first-order valence-electron chi connectivity index (χ1n) is 10.4. The molecule has 3 aromatic rings. The average Bonchev–Trinajstić information content (AvgIpc) is 3.02. The van der Waals surface area contributed by atoms with Gasteiger partial charge in [0.25, 0.3) is 5.91 Å². The van der Waals surface area contributed by atoms with Crippen molar-refractivity contribution in [2.24, 2.45) is 0 Å². The smallest absolute Gasteiger partial charge is 0.293 e. The van der Waals surface area contributed by atoms with Crippen molar-refractivity contribution in [2.45, 2.75) is 12.1 Å². The standard InChI is InChI=1S/C24H25ClN2O6/c1-26(2)11-6-12-27-23(29)22-19(20(28)15-7-5-8-16(25)21(15)33-22)24(27,30)14-9-10-17(31-3)18(13-14)32-4/h5,7-10,13,30H,6,11-12H2,1-4H3. The Balaban J connectivity index is 1.98. The fraction of sp³-hybridized carbons (Fsp3) is 0.333. The fourth-order valence-corrected chi connectivity index (χ4v) is 4.43. The number of nitrogens with zero attached hydrogens (tertiary/aromatic N) is 2. The van der Waals surface area contributed by atoms with Crippen molar-refractivity contribution in [2.75, 3.05) is 41.4 Å². The molecule has 1 aliphatic heterocycles. The number of halogens is 1. The molecule has 2 aromatic carbocycles. The number of benzene rings is 2. The molecule has 9 heteroatoms. The third-order valence-corrected chi connectivity index (χ3v) is 6.12. The monoisotopic (exact) mass is 472 g/mol. The molecule has 0 spiro atoms. The van der Waals surface area contributed by atoms with Gasteiger partial charge in [0.2, 0.25) is 16.9 Å². The zero-order chi connectivity index (χ0) is 23.9. The van der Waals surface area contributed by atoms with Gasteiger partial charge in [-0.3, -0.25) is 14.5 Å². The summed E-state index contributed by atoms with van der Waals surface area (Å²) >= 11 is 6.24. The number of hydrogen-bond acceptors (Lipinski definition) is 7. The van der Waals surface area contributed by atoms with Crippen LogP contribution in [0.3, 0.4) is 0 Å². The average molecular weight is 473 g/mol. The molecule has 4 rings (SSSR count). The number of carbonyl (C=O) groups excluding carboxylic acids is 1. The molecule has 0 saturated heterocycles. The maximum atomic E-state index is 13.6. The van der Waals surface area contributed by atoms with Crippen LogP contribution in [-0.4, -0.2) is 62.2 Å². The first-order chi connectivity index (χ1) is 15.7. The fourth-order valence-electron chi connectivity index (χ4n) is 4.22. The van der Waals surface area contributed by atoms with Crippen molar-refractivity contribution in [3.63, 3.8) is 0 Å². The lowest BCUT2D eigenvalue weighted by atomic mass is 9.93. The van der Waals surface area contributed by atoms with E-state index in [0.29, 0.717) is 24.5 Å². The van der Waals surface area contributed by atoms with Crippen molar-refractivity contribution < 1.29 is 23.8 Å². The van der Waals surface area contributed by atoms with Gasteiger partial charge in [-0.05, 0) is 57.4 Å². The van der Waals surface area contributed by atoms with Gasteiger partial charge < -0.3 is 23.9 Å². The maximum absolute atomic E-state index is 13.6. The van der Waals surface area contributed by atoms with Crippen molar-refractivity contribution in [3.8, 4) is 11.5 Å². The molecular weight excluding hydrogens is 448 g/mol. The molecule has 1 amide bonds. The third kappa shape index (κ3) is 3.64. The molecule has 0 radical (unpaired) electrons. The minimum atomic E-state index is -2.06. The van der Waals surface area contributed by atoms with E-state index in [1.165, 1.54) is 19.1 Å². The van der Waals surface area contributed by atoms with Crippen molar-refractivity contribution in [3.05, 3.63) is 68.5 Å².